The van der Waals surface area contributed by atoms with E-state index in [1.54, 1.807) is 29.6 Å². The highest BCUT2D eigenvalue weighted by Gasteiger charge is 2.35. The molecule has 1 aromatic heterocycles. The predicted octanol–water partition coefficient (Wildman–Crippen LogP) is 2.51. The minimum absolute atomic E-state index is 0.0434. The number of rotatable bonds is 4. The van der Waals surface area contributed by atoms with E-state index in [2.05, 4.69) is 9.97 Å². The topological polar surface area (TPSA) is 49.3 Å². The largest absolute Gasteiger partial charge is 0.311 e. The number of carbonyl (C=O) groups excluding carboxylic acids is 1. The summed E-state index contributed by atoms with van der Waals surface area (Å²) in [5.41, 5.74) is 1.34. The van der Waals surface area contributed by atoms with Gasteiger partial charge in [-0.25, -0.2) is 4.39 Å². The van der Waals surface area contributed by atoms with Crippen molar-refractivity contribution in [3.05, 3.63) is 53.3 Å². The summed E-state index contributed by atoms with van der Waals surface area (Å²) in [5.74, 6) is -0.563. The number of amides is 1. The van der Waals surface area contributed by atoms with Gasteiger partial charge >= 0.3 is 0 Å². The molecule has 0 N–H and O–H groups in total. The number of aromatic nitrogens is 2. The number of benzene rings is 1. The predicted molar refractivity (Wildman–Crippen MR) is 85.7 cm³/mol. The Morgan fingerprint density at radius 2 is 2.26 bits per heavy atom. The Hall–Kier alpha value is -2.05. The molecule has 1 aliphatic heterocycles. The Morgan fingerprint density at radius 1 is 1.43 bits per heavy atom. The monoisotopic (exact) mass is 334 g/mol. The van der Waals surface area contributed by atoms with Crippen LogP contribution in [-0.4, -0.2) is 40.4 Å². The number of carbonyl (C=O) groups is 1. The van der Waals surface area contributed by atoms with Gasteiger partial charge in [0.1, 0.15) is 5.82 Å². The lowest BCUT2D eigenvalue weighted by Gasteiger charge is -2.23. The van der Waals surface area contributed by atoms with Crippen LogP contribution in [0.15, 0.2) is 36.8 Å². The zero-order valence-electron chi connectivity index (χ0n) is 12.6. The van der Waals surface area contributed by atoms with Crippen molar-refractivity contribution < 1.29 is 9.18 Å². The molecule has 1 fully saturated rings. The molecule has 2 heterocycles. The van der Waals surface area contributed by atoms with E-state index in [1.807, 2.05) is 11.9 Å². The van der Waals surface area contributed by atoms with Crippen LogP contribution in [0, 0.1) is 5.82 Å². The standard InChI is InChI=1S/C16H16ClFN4O/c1-21(10-11-9-19-5-6-20-11)15-4-7-22(16(15)23)12-2-3-13(17)14(18)8-12/h2-3,5-6,8-9,15H,4,7,10H2,1H3/t15-/m0/s1. The van der Waals surface area contributed by atoms with Gasteiger partial charge in [0.05, 0.1) is 16.8 Å². The summed E-state index contributed by atoms with van der Waals surface area (Å²) >= 11 is 5.69. The van der Waals surface area contributed by atoms with Gasteiger partial charge in [-0.3, -0.25) is 19.7 Å². The van der Waals surface area contributed by atoms with E-state index in [4.69, 9.17) is 11.6 Å². The summed E-state index contributed by atoms with van der Waals surface area (Å²) in [6.45, 7) is 1.09. The molecule has 1 saturated heterocycles. The molecule has 7 heteroatoms. The summed E-state index contributed by atoms with van der Waals surface area (Å²) in [7, 11) is 1.88. The minimum Gasteiger partial charge on any atom is -0.311 e. The van der Waals surface area contributed by atoms with Crippen molar-refractivity contribution in [1.29, 1.82) is 0 Å². The SMILES string of the molecule is CN(Cc1cnccn1)[C@H]1CCN(c2ccc(Cl)c(F)c2)C1=O. The second-order valence-electron chi connectivity index (χ2n) is 5.50. The van der Waals surface area contributed by atoms with Crippen molar-refractivity contribution in [2.24, 2.45) is 0 Å². The Bertz CT molecular complexity index is 712. The first-order valence-corrected chi connectivity index (χ1v) is 7.65. The summed E-state index contributed by atoms with van der Waals surface area (Å²) in [6, 6.07) is 4.17. The van der Waals surface area contributed by atoms with Crippen LogP contribution in [0.5, 0.6) is 0 Å². The first kappa shape index (κ1) is 15.8. The van der Waals surface area contributed by atoms with Crippen molar-refractivity contribution in [2.75, 3.05) is 18.5 Å². The van der Waals surface area contributed by atoms with Gasteiger partial charge in [-0.1, -0.05) is 11.6 Å². The van der Waals surface area contributed by atoms with Crippen LogP contribution >= 0.6 is 11.6 Å². The molecule has 1 aliphatic rings. The molecular formula is C16H16ClFN4O. The van der Waals surface area contributed by atoms with Crippen molar-refractivity contribution in [3.63, 3.8) is 0 Å². The summed E-state index contributed by atoms with van der Waals surface area (Å²) in [4.78, 5) is 24.4. The van der Waals surface area contributed by atoms with E-state index in [9.17, 15) is 9.18 Å². The number of hydrogen-bond donors (Lipinski definition) is 0. The number of halogens is 2. The molecule has 0 saturated carbocycles. The Morgan fingerprint density at radius 3 is 2.96 bits per heavy atom. The first-order valence-electron chi connectivity index (χ1n) is 7.28. The highest BCUT2D eigenvalue weighted by Crippen LogP contribution is 2.27. The molecule has 23 heavy (non-hydrogen) atoms. The lowest BCUT2D eigenvalue weighted by atomic mass is 10.2. The van der Waals surface area contributed by atoms with Gasteiger partial charge in [-0.15, -0.1) is 0 Å². The van der Waals surface area contributed by atoms with Gasteiger partial charge in [0, 0.05) is 37.4 Å². The second-order valence-corrected chi connectivity index (χ2v) is 5.91. The van der Waals surface area contributed by atoms with Crippen LogP contribution in [0.1, 0.15) is 12.1 Å². The molecule has 0 radical (unpaired) electrons. The Labute approximate surface area is 138 Å². The fourth-order valence-corrected chi connectivity index (χ4v) is 2.88. The second kappa shape index (κ2) is 6.60. The fourth-order valence-electron chi connectivity index (χ4n) is 2.76. The molecule has 0 aliphatic carbocycles. The zero-order valence-corrected chi connectivity index (χ0v) is 13.4. The van der Waals surface area contributed by atoms with Gasteiger partial charge < -0.3 is 4.90 Å². The van der Waals surface area contributed by atoms with E-state index >= 15 is 0 Å². The lowest BCUT2D eigenvalue weighted by molar-refractivity contribution is -0.121. The van der Waals surface area contributed by atoms with Gasteiger partial charge in [-0.2, -0.15) is 0 Å². The maximum absolute atomic E-state index is 13.6. The number of hydrogen-bond acceptors (Lipinski definition) is 4. The van der Waals surface area contributed by atoms with E-state index in [1.165, 1.54) is 12.1 Å². The van der Waals surface area contributed by atoms with Gasteiger partial charge in [0.25, 0.3) is 0 Å². The number of likely N-dealkylation sites (N-methyl/N-ethyl adjacent to an activating group) is 1. The maximum Gasteiger partial charge on any atom is 0.244 e. The molecule has 1 atom stereocenters. The average Bonchev–Trinajstić information content (AvgIpc) is 2.93. The normalized spacial score (nSPS) is 18.0. The van der Waals surface area contributed by atoms with Gasteiger partial charge in [-0.05, 0) is 31.7 Å². The molecule has 2 aromatic rings. The van der Waals surface area contributed by atoms with Crippen LogP contribution in [0.4, 0.5) is 10.1 Å². The summed E-state index contributed by atoms with van der Waals surface area (Å²) in [5, 5.41) is 0.0525. The van der Waals surface area contributed by atoms with E-state index < -0.39 is 5.82 Å². The van der Waals surface area contributed by atoms with Crippen LogP contribution in [-0.2, 0) is 11.3 Å². The molecule has 0 spiro atoms. The fraction of sp³-hybridized carbons (Fsp3) is 0.312. The quantitative estimate of drug-likeness (QED) is 0.862. The third kappa shape index (κ3) is 3.33. The van der Waals surface area contributed by atoms with Crippen LogP contribution in [0.2, 0.25) is 5.02 Å². The molecule has 120 valence electrons. The Balaban J connectivity index is 1.72. The smallest absolute Gasteiger partial charge is 0.244 e. The van der Waals surface area contributed by atoms with Gasteiger partial charge in [0.2, 0.25) is 5.91 Å². The molecule has 0 unspecified atom stereocenters. The van der Waals surface area contributed by atoms with Crippen LogP contribution < -0.4 is 4.90 Å². The van der Waals surface area contributed by atoms with E-state index in [0.29, 0.717) is 25.2 Å². The summed E-state index contributed by atoms with van der Waals surface area (Å²) < 4.78 is 13.6. The third-order valence-corrected chi connectivity index (χ3v) is 4.26. The van der Waals surface area contributed by atoms with Crippen molar-refractivity contribution in [2.45, 2.75) is 19.0 Å². The minimum atomic E-state index is -0.520. The molecule has 1 aromatic carbocycles. The number of anilines is 1. The summed E-state index contributed by atoms with van der Waals surface area (Å²) in [6.07, 6.45) is 5.60. The van der Waals surface area contributed by atoms with Crippen LogP contribution in [0.25, 0.3) is 0 Å². The molecular weight excluding hydrogens is 319 g/mol. The highest BCUT2D eigenvalue weighted by atomic mass is 35.5. The van der Waals surface area contributed by atoms with E-state index in [0.717, 1.165) is 5.69 Å². The number of nitrogens with zero attached hydrogens (tertiary/aromatic N) is 4. The highest BCUT2D eigenvalue weighted by molar-refractivity contribution is 6.30. The lowest BCUT2D eigenvalue weighted by Crippen LogP contribution is -2.39. The molecule has 0 bridgehead atoms. The Kier molecular flexibility index (Phi) is 4.54. The van der Waals surface area contributed by atoms with Gasteiger partial charge in [0.15, 0.2) is 0 Å². The molecule has 1 amide bonds. The van der Waals surface area contributed by atoms with Crippen molar-refractivity contribution >= 4 is 23.2 Å². The van der Waals surface area contributed by atoms with Crippen LogP contribution in [0.3, 0.4) is 0 Å². The molecule has 5 nitrogen and oxygen atoms in total. The average molecular weight is 335 g/mol. The van der Waals surface area contributed by atoms with E-state index in [-0.39, 0.29) is 17.0 Å². The zero-order chi connectivity index (χ0) is 16.4. The first-order chi connectivity index (χ1) is 11.1. The van der Waals surface area contributed by atoms with Crippen molar-refractivity contribution in [3.8, 4) is 0 Å². The third-order valence-electron chi connectivity index (χ3n) is 3.95. The molecule has 3 rings (SSSR count). The van der Waals surface area contributed by atoms with Crippen molar-refractivity contribution in [1.82, 2.24) is 14.9 Å². The maximum atomic E-state index is 13.6.